The van der Waals surface area contributed by atoms with Crippen LogP contribution in [-0.2, 0) is 0 Å². The molecule has 1 heterocycles. The van der Waals surface area contributed by atoms with Gasteiger partial charge in [-0.15, -0.1) is 0 Å². The fourth-order valence-corrected chi connectivity index (χ4v) is 2.97. The summed E-state index contributed by atoms with van der Waals surface area (Å²) in [5, 5.41) is 4.87. The number of pyridine rings is 1. The molecular formula is C21H24N2. The van der Waals surface area contributed by atoms with Crippen LogP contribution in [0.4, 0.5) is 5.82 Å². The number of para-hydroxylation sites is 1. The zero-order valence-electron chi connectivity index (χ0n) is 14.1. The number of aryl methyl sites for hydroxylation is 1. The van der Waals surface area contributed by atoms with Crippen molar-refractivity contribution in [3.05, 3.63) is 71.8 Å². The minimum absolute atomic E-state index is 0.281. The first-order valence-corrected chi connectivity index (χ1v) is 8.31. The Bertz CT molecular complexity index is 778. The van der Waals surface area contributed by atoms with E-state index >= 15 is 0 Å². The Morgan fingerprint density at radius 1 is 0.957 bits per heavy atom. The predicted molar refractivity (Wildman–Crippen MR) is 98.7 cm³/mol. The standard InChI is InChI=1S/C21H24N2/c1-15(2)13-20(17-9-5-4-6-10-17)23-21-16(3)14-18-11-7-8-12-19(18)22-21/h4-12,14-15,20H,13H2,1-3H3,(H,22,23). The molecule has 1 N–H and O–H groups in total. The summed E-state index contributed by atoms with van der Waals surface area (Å²) >= 11 is 0. The summed E-state index contributed by atoms with van der Waals surface area (Å²) in [6.07, 6.45) is 1.08. The number of rotatable bonds is 5. The lowest BCUT2D eigenvalue weighted by Crippen LogP contribution is -2.15. The molecule has 23 heavy (non-hydrogen) atoms. The summed E-state index contributed by atoms with van der Waals surface area (Å²) in [7, 11) is 0. The minimum Gasteiger partial charge on any atom is -0.363 e. The molecule has 0 aliphatic rings. The lowest BCUT2D eigenvalue weighted by Gasteiger charge is -2.23. The third-order valence-corrected chi connectivity index (χ3v) is 4.13. The van der Waals surface area contributed by atoms with E-state index in [9.17, 15) is 0 Å². The van der Waals surface area contributed by atoms with Gasteiger partial charge in [0.05, 0.1) is 11.6 Å². The van der Waals surface area contributed by atoms with Gasteiger partial charge < -0.3 is 5.32 Å². The van der Waals surface area contributed by atoms with Gasteiger partial charge in [-0.3, -0.25) is 0 Å². The van der Waals surface area contributed by atoms with E-state index in [1.165, 1.54) is 16.5 Å². The van der Waals surface area contributed by atoms with E-state index in [-0.39, 0.29) is 6.04 Å². The molecule has 1 unspecified atom stereocenters. The number of benzene rings is 2. The second-order valence-electron chi connectivity index (χ2n) is 6.58. The van der Waals surface area contributed by atoms with Crippen LogP contribution in [0.1, 0.15) is 37.4 Å². The van der Waals surface area contributed by atoms with E-state index in [0.29, 0.717) is 5.92 Å². The molecule has 1 atom stereocenters. The summed E-state index contributed by atoms with van der Waals surface area (Å²) in [4.78, 5) is 4.84. The van der Waals surface area contributed by atoms with E-state index in [1.54, 1.807) is 0 Å². The molecule has 0 aliphatic carbocycles. The number of nitrogens with zero attached hydrogens (tertiary/aromatic N) is 1. The van der Waals surface area contributed by atoms with Gasteiger partial charge in [0.25, 0.3) is 0 Å². The molecule has 0 spiro atoms. The first kappa shape index (κ1) is 15.5. The summed E-state index contributed by atoms with van der Waals surface area (Å²) in [6.45, 7) is 6.65. The Kier molecular flexibility index (Phi) is 4.61. The van der Waals surface area contributed by atoms with Crippen LogP contribution >= 0.6 is 0 Å². The van der Waals surface area contributed by atoms with Gasteiger partial charge in [-0.05, 0) is 42.5 Å². The highest BCUT2D eigenvalue weighted by Gasteiger charge is 2.15. The van der Waals surface area contributed by atoms with Crippen LogP contribution in [-0.4, -0.2) is 4.98 Å². The van der Waals surface area contributed by atoms with Gasteiger partial charge >= 0.3 is 0 Å². The number of aromatic nitrogens is 1. The number of anilines is 1. The molecule has 2 heteroatoms. The Labute approximate surface area is 138 Å². The Hall–Kier alpha value is -2.35. The van der Waals surface area contributed by atoms with Gasteiger partial charge in [-0.2, -0.15) is 0 Å². The van der Waals surface area contributed by atoms with Crippen LogP contribution in [0.25, 0.3) is 10.9 Å². The van der Waals surface area contributed by atoms with Crippen LogP contribution in [0, 0.1) is 12.8 Å². The van der Waals surface area contributed by atoms with Gasteiger partial charge in [0.15, 0.2) is 0 Å². The van der Waals surface area contributed by atoms with Gasteiger partial charge in [0.2, 0.25) is 0 Å². The first-order chi connectivity index (χ1) is 11.1. The van der Waals surface area contributed by atoms with Gasteiger partial charge in [0, 0.05) is 5.39 Å². The van der Waals surface area contributed by atoms with E-state index in [2.05, 4.69) is 80.7 Å². The average Bonchev–Trinajstić information content (AvgIpc) is 2.55. The summed E-state index contributed by atoms with van der Waals surface area (Å²) in [5.41, 5.74) is 3.54. The van der Waals surface area contributed by atoms with E-state index in [4.69, 9.17) is 4.98 Å². The molecule has 0 saturated heterocycles. The maximum atomic E-state index is 4.84. The monoisotopic (exact) mass is 304 g/mol. The highest BCUT2D eigenvalue weighted by atomic mass is 15.0. The van der Waals surface area contributed by atoms with Crippen molar-refractivity contribution in [1.82, 2.24) is 4.98 Å². The summed E-state index contributed by atoms with van der Waals surface area (Å²) < 4.78 is 0. The predicted octanol–water partition coefficient (Wildman–Crippen LogP) is 5.74. The van der Waals surface area contributed by atoms with Crippen LogP contribution in [0.5, 0.6) is 0 Å². The quantitative estimate of drug-likeness (QED) is 0.650. The Balaban J connectivity index is 1.94. The maximum Gasteiger partial charge on any atom is 0.130 e. The normalized spacial score (nSPS) is 12.5. The number of nitrogens with one attached hydrogen (secondary N) is 1. The zero-order valence-corrected chi connectivity index (χ0v) is 14.1. The van der Waals surface area contributed by atoms with Crippen LogP contribution < -0.4 is 5.32 Å². The number of hydrogen-bond acceptors (Lipinski definition) is 2. The molecule has 3 aromatic rings. The Morgan fingerprint density at radius 2 is 1.65 bits per heavy atom. The smallest absolute Gasteiger partial charge is 0.130 e. The van der Waals surface area contributed by atoms with Crippen LogP contribution in [0.2, 0.25) is 0 Å². The largest absolute Gasteiger partial charge is 0.363 e. The fourth-order valence-electron chi connectivity index (χ4n) is 2.97. The topological polar surface area (TPSA) is 24.9 Å². The molecule has 1 aromatic heterocycles. The Morgan fingerprint density at radius 3 is 2.39 bits per heavy atom. The fraction of sp³-hybridized carbons (Fsp3) is 0.286. The van der Waals surface area contributed by atoms with Crippen molar-refractivity contribution in [2.24, 2.45) is 5.92 Å². The van der Waals surface area contributed by atoms with Gasteiger partial charge in [-0.1, -0.05) is 62.4 Å². The van der Waals surface area contributed by atoms with Crippen molar-refractivity contribution in [2.45, 2.75) is 33.2 Å². The molecule has 0 bridgehead atoms. The van der Waals surface area contributed by atoms with Gasteiger partial charge in [0.1, 0.15) is 5.82 Å². The molecule has 0 radical (unpaired) electrons. The van der Waals surface area contributed by atoms with Crippen molar-refractivity contribution in [2.75, 3.05) is 5.32 Å². The molecule has 118 valence electrons. The second-order valence-corrected chi connectivity index (χ2v) is 6.58. The molecule has 2 aromatic carbocycles. The molecule has 3 rings (SSSR count). The summed E-state index contributed by atoms with van der Waals surface area (Å²) in [5.74, 6) is 1.60. The van der Waals surface area contributed by atoms with Crippen molar-refractivity contribution >= 4 is 16.7 Å². The second kappa shape index (κ2) is 6.82. The molecule has 2 nitrogen and oxygen atoms in total. The number of fused-ring (bicyclic) bond motifs is 1. The van der Waals surface area contributed by atoms with Crippen molar-refractivity contribution < 1.29 is 0 Å². The van der Waals surface area contributed by atoms with E-state index < -0.39 is 0 Å². The molecular weight excluding hydrogens is 280 g/mol. The molecule has 0 aliphatic heterocycles. The van der Waals surface area contributed by atoms with Crippen LogP contribution in [0.3, 0.4) is 0 Å². The summed E-state index contributed by atoms with van der Waals surface area (Å²) in [6, 6.07) is 21.4. The average molecular weight is 304 g/mol. The van der Waals surface area contributed by atoms with Gasteiger partial charge in [-0.25, -0.2) is 4.98 Å². The lowest BCUT2D eigenvalue weighted by molar-refractivity contribution is 0.530. The molecule has 0 saturated carbocycles. The first-order valence-electron chi connectivity index (χ1n) is 8.31. The zero-order chi connectivity index (χ0) is 16.2. The van der Waals surface area contributed by atoms with E-state index in [1.807, 2.05) is 6.07 Å². The number of hydrogen-bond donors (Lipinski definition) is 1. The van der Waals surface area contributed by atoms with Crippen molar-refractivity contribution in [1.29, 1.82) is 0 Å². The highest BCUT2D eigenvalue weighted by molar-refractivity contribution is 5.81. The van der Waals surface area contributed by atoms with Crippen molar-refractivity contribution in [3.63, 3.8) is 0 Å². The maximum absolute atomic E-state index is 4.84. The van der Waals surface area contributed by atoms with Crippen molar-refractivity contribution in [3.8, 4) is 0 Å². The molecule has 0 amide bonds. The van der Waals surface area contributed by atoms with E-state index in [0.717, 1.165) is 17.8 Å². The third-order valence-electron chi connectivity index (χ3n) is 4.13. The lowest BCUT2D eigenvalue weighted by atomic mass is 9.97. The highest BCUT2D eigenvalue weighted by Crippen LogP contribution is 2.28. The SMILES string of the molecule is Cc1cc2ccccc2nc1NC(CC(C)C)c1ccccc1. The minimum atomic E-state index is 0.281. The molecule has 0 fully saturated rings. The van der Waals surface area contributed by atoms with Crippen LogP contribution in [0.15, 0.2) is 60.7 Å². The third kappa shape index (κ3) is 3.70.